The van der Waals surface area contributed by atoms with E-state index in [1.165, 1.54) is 6.20 Å². The molecule has 2 aromatic heterocycles. The lowest BCUT2D eigenvalue weighted by atomic mass is 10.1. The quantitative estimate of drug-likeness (QED) is 0.672. The molecule has 0 saturated carbocycles. The van der Waals surface area contributed by atoms with Crippen LogP contribution in [-0.4, -0.2) is 47.0 Å². The second kappa shape index (κ2) is 8.76. The maximum Gasteiger partial charge on any atom is 0.435 e. The van der Waals surface area contributed by atoms with Crippen molar-refractivity contribution in [3.63, 3.8) is 0 Å². The predicted molar refractivity (Wildman–Crippen MR) is 107 cm³/mol. The molecule has 0 radical (unpaired) electrons. The molecule has 1 aromatic carbocycles. The van der Waals surface area contributed by atoms with Gasteiger partial charge in [-0.2, -0.15) is 18.3 Å². The number of alkyl halides is 3. The SMILES string of the molecule is O=C(NCc1cccnc1N1CCOCC1)c1ccc(-n2ccc(C(F)(F)F)n2)cc1. The molecule has 162 valence electrons. The molecule has 1 aliphatic heterocycles. The molecular weight excluding hydrogens is 411 g/mol. The predicted octanol–water partition coefficient (Wildman–Crippen LogP) is 3.05. The summed E-state index contributed by atoms with van der Waals surface area (Å²) in [7, 11) is 0. The van der Waals surface area contributed by atoms with Crippen molar-refractivity contribution in [1.29, 1.82) is 0 Å². The average molecular weight is 431 g/mol. The zero-order chi connectivity index (χ0) is 21.8. The minimum absolute atomic E-state index is 0.292. The molecule has 3 heterocycles. The Morgan fingerprint density at radius 2 is 1.84 bits per heavy atom. The molecule has 7 nitrogen and oxygen atoms in total. The van der Waals surface area contributed by atoms with Gasteiger partial charge in [0, 0.05) is 43.2 Å². The zero-order valence-electron chi connectivity index (χ0n) is 16.5. The Kier molecular flexibility index (Phi) is 5.90. The summed E-state index contributed by atoms with van der Waals surface area (Å²) in [6.07, 6.45) is -1.56. The van der Waals surface area contributed by atoms with Crippen LogP contribution in [0.1, 0.15) is 21.6 Å². The Bertz CT molecular complexity index is 1040. The summed E-state index contributed by atoms with van der Waals surface area (Å²) in [5.74, 6) is 0.528. The van der Waals surface area contributed by atoms with Crippen LogP contribution in [0.2, 0.25) is 0 Å². The molecule has 10 heteroatoms. The summed E-state index contributed by atoms with van der Waals surface area (Å²) >= 11 is 0. The van der Waals surface area contributed by atoms with E-state index < -0.39 is 11.9 Å². The van der Waals surface area contributed by atoms with Gasteiger partial charge in [-0.1, -0.05) is 6.07 Å². The Labute approximate surface area is 176 Å². The van der Waals surface area contributed by atoms with E-state index in [1.54, 1.807) is 30.5 Å². The molecule has 3 aromatic rings. The van der Waals surface area contributed by atoms with Gasteiger partial charge < -0.3 is 15.0 Å². The zero-order valence-corrected chi connectivity index (χ0v) is 16.5. The van der Waals surface area contributed by atoms with Gasteiger partial charge in [0.15, 0.2) is 5.69 Å². The van der Waals surface area contributed by atoms with Crippen molar-refractivity contribution in [2.75, 3.05) is 31.2 Å². The fourth-order valence-electron chi connectivity index (χ4n) is 3.29. The van der Waals surface area contributed by atoms with Gasteiger partial charge in [0.25, 0.3) is 5.91 Å². The molecule has 1 N–H and O–H groups in total. The van der Waals surface area contributed by atoms with Crippen molar-refractivity contribution < 1.29 is 22.7 Å². The number of aromatic nitrogens is 3. The molecule has 0 bridgehead atoms. The monoisotopic (exact) mass is 431 g/mol. The summed E-state index contributed by atoms with van der Waals surface area (Å²) in [4.78, 5) is 19.1. The number of nitrogens with one attached hydrogen (secondary N) is 1. The summed E-state index contributed by atoms with van der Waals surface area (Å²) in [6, 6.07) is 10.8. The molecule has 1 fully saturated rings. The lowest BCUT2D eigenvalue weighted by Gasteiger charge is -2.29. The van der Waals surface area contributed by atoms with Crippen LogP contribution in [-0.2, 0) is 17.5 Å². The molecule has 4 rings (SSSR count). The molecule has 0 unspecified atom stereocenters. The van der Waals surface area contributed by atoms with Crippen LogP contribution in [0.4, 0.5) is 19.0 Å². The highest BCUT2D eigenvalue weighted by Crippen LogP contribution is 2.28. The number of pyridine rings is 1. The number of ether oxygens (including phenoxy) is 1. The van der Waals surface area contributed by atoms with E-state index in [0.717, 1.165) is 35.2 Å². The topological polar surface area (TPSA) is 72.3 Å². The number of halogens is 3. The maximum absolute atomic E-state index is 12.7. The van der Waals surface area contributed by atoms with Crippen molar-refractivity contribution in [3.05, 3.63) is 71.7 Å². The summed E-state index contributed by atoms with van der Waals surface area (Å²) in [5, 5.41) is 6.40. The van der Waals surface area contributed by atoms with Crippen molar-refractivity contribution in [1.82, 2.24) is 20.1 Å². The van der Waals surface area contributed by atoms with Gasteiger partial charge in [0.05, 0.1) is 18.9 Å². The second-order valence-corrected chi connectivity index (χ2v) is 6.96. The van der Waals surface area contributed by atoms with E-state index in [-0.39, 0.29) is 5.91 Å². The van der Waals surface area contributed by atoms with Crippen LogP contribution < -0.4 is 10.2 Å². The van der Waals surface area contributed by atoms with Crippen molar-refractivity contribution in [2.45, 2.75) is 12.7 Å². The van der Waals surface area contributed by atoms with Crippen LogP contribution >= 0.6 is 0 Å². The lowest BCUT2D eigenvalue weighted by Crippen LogP contribution is -2.37. The molecule has 0 spiro atoms. The number of anilines is 1. The van der Waals surface area contributed by atoms with Gasteiger partial charge in [-0.15, -0.1) is 0 Å². The second-order valence-electron chi connectivity index (χ2n) is 6.96. The molecule has 1 aliphatic rings. The molecular formula is C21H20F3N5O2. The van der Waals surface area contributed by atoms with Gasteiger partial charge in [0.2, 0.25) is 0 Å². The highest BCUT2D eigenvalue weighted by molar-refractivity contribution is 5.94. The first kappa shape index (κ1) is 20.9. The first-order valence-electron chi connectivity index (χ1n) is 9.70. The number of carbonyl (C=O) groups excluding carboxylic acids is 1. The van der Waals surface area contributed by atoms with E-state index in [9.17, 15) is 18.0 Å². The van der Waals surface area contributed by atoms with Crippen LogP contribution in [0.15, 0.2) is 54.9 Å². The Morgan fingerprint density at radius 3 is 2.52 bits per heavy atom. The van der Waals surface area contributed by atoms with Crippen molar-refractivity contribution >= 4 is 11.7 Å². The molecule has 0 aliphatic carbocycles. The van der Waals surface area contributed by atoms with Crippen LogP contribution in [0.25, 0.3) is 5.69 Å². The Hall–Kier alpha value is -3.40. The highest BCUT2D eigenvalue weighted by atomic mass is 19.4. The third kappa shape index (κ3) is 4.85. The third-order valence-electron chi connectivity index (χ3n) is 4.89. The standard InChI is InChI=1S/C21H20F3N5O2/c22-21(23,24)18-7-9-29(27-18)17-5-3-15(4-6-17)20(30)26-14-16-2-1-8-25-19(16)28-10-12-31-13-11-28/h1-9H,10-14H2,(H,26,30). The van der Waals surface area contributed by atoms with Gasteiger partial charge in [-0.3, -0.25) is 4.79 Å². The molecule has 31 heavy (non-hydrogen) atoms. The van der Waals surface area contributed by atoms with E-state index in [1.807, 2.05) is 12.1 Å². The van der Waals surface area contributed by atoms with Crippen molar-refractivity contribution in [2.24, 2.45) is 0 Å². The molecule has 1 saturated heterocycles. The first-order valence-corrected chi connectivity index (χ1v) is 9.70. The van der Waals surface area contributed by atoms with Gasteiger partial charge >= 0.3 is 6.18 Å². The minimum atomic E-state index is -4.50. The van der Waals surface area contributed by atoms with Crippen LogP contribution in [0.3, 0.4) is 0 Å². The maximum atomic E-state index is 12.7. The van der Waals surface area contributed by atoms with E-state index >= 15 is 0 Å². The third-order valence-corrected chi connectivity index (χ3v) is 4.89. The summed E-state index contributed by atoms with van der Waals surface area (Å²) in [5.41, 5.74) is 0.741. The largest absolute Gasteiger partial charge is 0.435 e. The highest BCUT2D eigenvalue weighted by Gasteiger charge is 2.33. The molecule has 1 amide bonds. The summed E-state index contributed by atoms with van der Waals surface area (Å²) in [6.45, 7) is 3.05. The average Bonchev–Trinajstić information content (AvgIpc) is 3.29. The fourth-order valence-corrected chi connectivity index (χ4v) is 3.29. The van der Waals surface area contributed by atoms with E-state index in [0.29, 0.717) is 31.0 Å². The number of nitrogens with zero attached hydrogens (tertiary/aromatic N) is 4. The van der Waals surface area contributed by atoms with Gasteiger partial charge in [-0.05, 0) is 36.4 Å². The smallest absolute Gasteiger partial charge is 0.378 e. The molecule has 0 atom stereocenters. The van der Waals surface area contributed by atoms with Gasteiger partial charge in [0.1, 0.15) is 5.82 Å². The number of carbonyl (C=O) groups is 1. The Balaban J connectivity index is 1.41. The Morgan fingerprint density at radius 1 is 1.10 bits per heavy atom. The number of hydrogen-bond acceptors (Lipinski definition) is 5. The fraction of sp³-hybridized carbons (Fsp3) is 0.286. The number of amides is 1. The van der Waals surface area contributed by atoms with Crippen LogP contribution in [0.5, 0.6) is 0 Å². The number of hydrogen-bond donors (Lipinski definition) is 1. The van der Waals surface area contributed by atoms with E-state index in [2.05, 4.69) is 20.3 Å². The van der Waals surface area contributed by atoms with Gasteiger partial charge in [-0.25, -0.2) is 9.67 Å². The van der Waals surface area contributed by atoms with E-state index in [4.69, 9.17) is 4.74 Å². The first-order chi connectivity index (χ1) is 14.9. The number of benzene rings is 1. The summed E-state index contributed by atoms with van der Waals surface area (Å²) < 4.78 is 44.6. The van der Waals surface area contributed by atoms with Crippen molar-refractivity contribution in [3.8, 4) is 5.69 Å². The normalized spacial score (nSPS) is 14.5. The number of morpholine rings is 1. The lowest BCUT2D eigenvalue weighted by molar-refractivity contribution is -0.141. The number of rotatable bonds is 5. The van der Waals surface area contributed by atoms with Crippen LogP contribution in [0, 0.1) is 0 Å². The minimum Gasteiger partial charge on any atom is -0.378 e.